The molecular formula is C27H33F3N2O2. The molecule has 0 bridgehead atoms. The lowest BCUT2D eigenvalue weighted by Gasteiger charge is -2.40. The van der Waals surface area contributed by atoms with Crippen LogP contribution in [0.25, 0.3) is 0 Å². The van der Waals surface area contributed by atoms with Gasteiger partial charge in [0.1, 0.15) is 5.75 Å². The fraction of sp³-hybridized carbons (Fsp3) is 0.519. The minimum absolute atomic E-state index is 0.0827. The minimum atomic E-state index is -4.38. The van der Waals surface area contributed by atoms with E-state index in [1.54, 1.807) is 18.1 Å². The highest BCUT2D eigenvalue weighted by Gasteiger charge is 2.49. The Morgan fingerprint density at radius 1 is 1.18 bits per heavy atom. The van der Waals surface area contributed by atoms with Crippen molar-refractivity contribution in [3.8, 4) is 5.75 Å². The molecule has 2 aromatic carbocycles. The average Bonchev–Trinajstić information content (AvgIpc) is 3.27. The van der Waals surface area contributed by atoms with Gasteiger partial charge in [0.15, 0.2) is 0 Å². The molecule has 4 nitrogen and oxygen atoms in total. The molecule has 1 saturated carbocycles. The molecule has 0 saturated heterocycles. The zero-order valence-corrected chi connectivity index (χ0v) is 20.0. The van der Waals surface area contributed by atoms with Gasteiger partial charge in [-0.25, -0.2) is 0 Å². The summed E-state index contributed by atoms with van der Waals surface area (Å²) < 4.78 is 44.8. The molecule has 0 aromatic heterocycles. The van der Waals surface area contributed by atoms with E-state index in [0.717, 1.165) is 42.2 Å². The van der Waals surface area contributed by atoms with Crippen LogP contribution in [0.1, 0.15) is 55.4 Å². The van der Waals surface area contributed by atoms with Crippen molar-refractivity contribution < 1.29 is 22.7 Å². The Morgan fingerprint density at radius 3 is 2.56 bits per heavy atom. The van der Waals surface area contributed by atoms with E-state index in [2.05, 4.69) is 19.2 Å². The average molecular weight is 475 g/mol. The number of nitrogens with one attached hydrogen (secondary N) is 1. The lowest BCUT2D eigenvalue weighted by molar-refractivity contribution is -0.145. The normalized spacial score (nSPS) is 22.7. The number of fused-ring (bicyclic) bond motifs is 1. The van der Waals surface area contributed by atoms with Crippen molar-refractivity contribution in [2.75, 3.05) is 13.7 Å². The lowest BCUT2D eigenvalue weighted by atomic mass is 9.74. The quantitative estimate of drug-likeness (QED) is 0.594. The number of benzene rings is 2. The third-order valence-electron chi connectivity index (χ3n) is 7.67. The van der Waals surface area contributed by atoms with Crippen LogP contribution in [0.2, 0.25) is 0 Å². The Balaban J connectivity index is 1.44. The van der Waals surface area contributed by atoms with Crippen LogP contribution in [-0.4, -0.2) is 30.5 Å². The molecule has 1 amide bonds. The Hall–Kier alpha value is -2.54. The second-order valence-electron chi connectivity index (χ2n) is 9.94. The Kier molecular flexibility index (Phi) is 6.94. The zero-order valence-electron chi connectivity index (χ0n) is 20.0. The first kappa shape index (κ1) is 24.6. The van der Waals surface area contributed by atoms with Crippen LogP contribution in [0.5, 0.6) is 5.75 Å². The van der Waals surface area contributed by atoms with E-state index in [0.29, 0.717) is 25.1 Å². The van der Waals surface area contributed by atoms with Gasteiger partial charge >= 0.3 is 6.18 Å². The number of ether oxygens (including phenoxy) is 1. The Bertz CT molecular complexity index is 1020. The number of carbonyl (C=O) groups excluding carboxylic acids is 1. The number of methoxy groups -OCH3 is 1. The molecule has 1 aliphatic carbocycles. The molecule has 1 heterocycles. The zero-order chi connectivity index (χ0) is 24.5. The summed E-state index contributed by atoms with van der Waals surface area (Å²) >= 11 is 0. The van der Waals surface area contributed by atoms with Crippen molar-refractivity contribution in [1.29, 1.82) is 0 Å². The summed E-state index contributed by atoms with van der Waals surface area (Å²) in [5.41, 5.74) is 1.53. The number of hydrogen-bond acceptors (Lipinski definition) is 3. The van der Waals surface area contributed by atoms with Crippen molar-refractivity contribution in [1.82, 2.24) is 10.2 Å². The first-order valence-electron chi connectivity index (χ1n) is 12.0. The number of nitrogens with zero attached hydrogens (tertiary/aromatic N) is 1. The maximum atomic E-state index is 13.8. The predicted octanol–water partition coefficient (Wildman–Crippen LogP) is 5.58. The topological polar surface area (TPSA) is 41.6 Å². The predicted molar refractivity (Wildman–Crippen MR) is 125 cm³/mol. The van der Waals surface area contributed by atoms with Crippen molar-refractivity contribution in [2.24, 2.45) is 11.3 Å². The van der Waals surface area contributed by atoms with Gasteiger partial charge in [-0.05, 0) is 72.6 Å². The SMILES string of the molecule is COc1ccc(CN[C@@H]2CC[C@@](C(=O)N3CCc4ccc(C(F)(F)F)cc4C3)(C(C)C)C2)cc1. The van der Waals surface area contributed by atoms with Crippen LogP contribution in [0.15, 0.2) is 42.5 Å². The maximum absolute atomic E-state index is 13.8. The molecule has 4 rings (SSSR count). The Labute approximate surface area is 199 Å². The Morgan fingerprint density at radius 2 is 1.91 bits per heavy atom. The highest BCUT2D eigenvalue weighted by molar-refractivity contribution is 5.84. The third kappa shape index (κ3) is 4.95. The van der Waals surface area contributed by atoms with Gasteiger partial charge < -0.3 is 15.0 Å². The number of halogens is 3. The third-order valence-corrected chi connectivity index (χ3v) is 7.67. The summed E-state index contributed by atoms with van der Waals surface area (Å²) in [4.78, 5) is 15.6. The molecule has 0 unspecified atom stereocenters. The fourth-order valence-corrected chi connectivity index (χ4v) is 5.44. The van der Waals surface area contributed by atoms with Gasteiger partial charge in [-0.3, -0.25) is 4.79 Å². The van der Waals surface area contributed by atoms with Crippen molar-refractivity contribution in [2.45, 2.75) is 64.8 Å². The van der Waals surface area contributed by atoms with Gasteiger partial charge in [0.25, 0.3) is 0 Å². The highest BCUT2D eigenvalue weighted by atomic mass is 19.4. The van der Waals surface area contributed by atoms with Gasteiger partial charge in [-0.2, -0.15) is 13.2 Å². The first-order valence-corrected chi connectivity index (χ1v) is 12.0. The smallest absolute Gasteiger partial charge is 0.416 e. The summed E-state index contributed by atoms with van der Waals surface area (Å²) in [6.07, 6.45) is -1.36. The van der Waals surface area contributed by atoms with E-state index >= 15 is 0 Å². The summed E-state index contributed by atoms with van der Waals surface area (Å²) in [6.45, 7) is 5.69. The first-order chi connectivity index (χ1) is 16.1. The molecule has 2 atom stereocenters. The molecular weight excluding hydrogens is 441 g/mol. The van der Waals surface area contributed by atoms with E-state index in [4.69, 9.17) is 4.74 Å². The van der Waals surface area contributed by atoms with Crippen LogP contribution >= 0.6 is 0 Å². The van der Waals surface area contributed by atoms with E-state index in [-0.39, 0.29) is 24.4 Å². The molecule has 0 radical (unpaired) electrons. The largest absolute Gasteiger partial charge is 0.497 e. The molecule has 2 aromatic rings. The van der Waals surface area contributed by atoms with Crippen molar-refractivity contribution in [3.05, 3.63) is 64.7 Å². The van der Waals surface area contributed by atoms with Crippen LogP contribution < -0.4 is 10.1 Å². The molecule has 7 heteroatoms. The fourth-order valence-electron chi connectivity index (χ4n) is 5.44. The molecule has 2 aliphatic rings. The maximum Gasteiger partial charge on any atom is 0.416 e. The molecule has 0 spiro atoms. The molecule has 184 valence electrons. The van der Waals surface area contributed by atoms with Crippen LogP contribution in [0, 0.1) is 11.3 Å². The summed E-state index contributed by atoms with van der Waals surface area (Å²) in [5.74, 6) is 1.05. The lowest BCUT2D eigenvalue weighted by Crippen LogP contribution is -2.48. The van der Waals surface area contributed by atoms with Gasteiger partial charge in [-0.15, -0.1) is 0 Å². The summed E-state index contributed by atoms with van der Waals surface area (Å²) in [6, 6.07) is 12.1. The highest BCUT2D eigenvalue weighted by Crippen LogP contribution is 2.46. The van der Waals surface area contributed by atoms with Crippen molar-refractivity contribution >= 4 is 5.91 Å². The van der Waals surface area contributed by atoms with Crippen molar-refractivity contribution in [3.63, 3.8) is 0 Å². The van der Waals surface area contributed by atoms with E-state index in [9.17, 15) is 18.0 Å². The number of alkyl halides is 3. The summed E-state index contributed by atoms with van der Waals surface area (Å²) in [5, 5.41) is 3.61. The number of carbonyl (C=O) groups is 1. The van der Waals surface area contributed by atoms with Crippen LogP contribution in [0.3, 0.4) is 0 Å². The van der Waals surface area contributed by atoms with E-state index in [1.807, 2.05) is 24.3 Å². The number of rotatable bonds is 6. The second-order valence-corrected chi connectivity index (χ2v) is 9.94. The molecule has 34 heavy (non-hydrogen) atoms. The van der Waals surface area contributed by atoms with E-state index in [1.165, 1.54) is 6.07 Å². The standard InChI is InChI=1S/C27H33F3N2O2/c1-18(2)26(12-10-23(15-26)31-16-19-4-8-24(34-3)9-5-19)25(33)32-13-11-20-6-7-22(27(28,29)30)14-21(20)17-32/h4-9,14,18,23,31H,10-13,15-17H2,1-3H3/t23-,26+/m1/s1. The number of amides is 1. The van der Waals surface area contributed by atoms with Gasteiger partial charge in [0.05, 0.1) is 18.1 Å². The molecule has 1 aliphatic heterocycles. The molecule has 1 fully saturated rings. The number of hydrogen-bond donors (Lipinski definition) is 1. The van der Waals surface area contributed by atoms with Gasteiger partial charge in [0, 0.05) is 25.7 Å². The second kappa shape index (κ2) is 9.61. The van der Waals surface area contributed by atoms with Crippen LogP contribution in [0.4, 0.5) is 13.2 Å². The molecule has 1 N–H and O–H groups in total. The van der Waals surface area contributed by atoms with Crippen LogP contribution in [-0.2, 0) is 30.5 Å². The van der Waals surface area contributed by atoms with Gasteiger partial charge in [0.2, 0.25) is 5.91 Å². The minimum Gasteiger partial charge on any atom is -0.497 e. The monoisotopic (exact) mass is 474 g/mol. The van der Waals surface area contributed by atoms with E-state index < -0.39 is 17.2 Å². The summed E-state index contributed by atoms with van der Waals surface area (Å²) in [7, 11) is 1.64. The van der Waals surface area contributed by atoms with Gasteiger partial charge in [-0.1, -0.05) is 32.0 Å².